The van der Waals surface area contributed by atoms with Crippen LogP contribution in [0, 0.1) is 20.8 Å². The van der Waals surface area contributed by atoms with Crippen molar-refractivity contribution < 1.29 is 27.5 Å². The summed E-state index contributed by atoms with van der Waals surface area (Å²) in [5.74, 6) is 0.450. The lowest BCUT2D eigenvalue weighted by molar-refractivity contribution is -0.137. The lowest BCUT2D eigenvalue weighted by atomic mass is 10.0. The Kier molecular flexibility index (Phi) is 7.33. The highest BCUT2D eigenvalue weighted by molar-refractivity contribution is 6.01. The Balaban J connectivity index is 1.57. The summed E-state index contributed by atoms with van der Waals surface area (Å²) in [6.07, 6.45) is 1.79. The Labute approximate surface area is 216 Å². The van der Waals surface area contributed by atoms with E-state index in [2.05, 4.69) is 25.6 Å². The molecule has 0 aliphatic heterocycles. The van der Waals surface area contributed by atoms with Crippen LogP contribution in [-0.2, 0) is 15.7 Å². The molecule has 0 bridgehead atoms. The largest absolute Gasteiger partial charge is 0.490 e. The number of aromatic nitrogens is 4. The van der Waals surface area contributed by atoms with Gasteiger partial charge in [-0.2, -0.15) is 13.2 Å². The minimum Gasteiger partial charge on any atom is -0.490 e. The van der Waals surface area contributed by atoms with E-state index in [1.807, 2.05) is 0 Å². The summed E-state index contributed by atoms with van der Waals surface area (Å²) in [5.41, 5.74) is 1.63. The first-order valence-electron chi connectivity index (χ1n) is 11.7. The molecule has 0 radical (unpaired) electrons. The zero-order chi connectivity index (χ0) is 27.6. The quantitative estimate of drug-likeness (QED) is 0.437. The summed E-state index contributed by atoms with van der Waals surface area (Å²) in [6.45, 7) is 7.17. The zero-order valence-corrected chi connectivity index (χ0v) is 21.1. The van der Waals surface area contributed by atoms with E-state index in [0.717, 1.165) is 12.1 Å². The number of anilines is 2. The van der Waals surface area contributed by atoms with Gasteiger partial charge in [-0.05, 0) is 52.0 Å². The van der Waals surface area contributed by atoms with Gasteiger partial charge in [0.25, 0.3) is 0 Å². The second-order valence-electron chi connectivity index (χ2n) is 8.59. The Bertz CT molecular complexity index is 1450. The molecule has 1 aliphatic carbocycles. The smallest absolute Gasteiger partial charge is 0.416 e. The third-order valence-electron chi connectivity index (χ3n) is 5.65. The number of carbonyl (C=O) groups excluding carboxylic acids is 2. The lowest BCUT2D eigenvalue weighted by Crippen LogP contribution is -2.22. The number of nitrogens with one attached hydrogen (secondary N) is 2. The fourth-order valence-electron chi connectivity index (χ4n) is 3.88. The molecular formula is C26H25F3N6O3. The van der Waals surface area contributed by atoms with Gasteiger partial charge in [0.2, 0.25) is 5.78 Å². The Hall–Kier alpha value is -4.48. The number of amides is 2. The standard InChI is InChI=1S/C26H25F3N6O3/c1-5-38-22-8-17(6-7-21(22)36)24-31-15(3)23(16(4)32-24)34-25(37)33-19-9-18(26(27,28)29)10-20(11-19)35-12-14(2)30-13-35/h6,8-13H,5,7H2,1-4H3,(H2,33,34,37). The fraction of sp³-hybridized carbons (Fsp3) is 0.269. The summed E-state index contributed by atoms with van der Waals surface area (Å²) in [7, 11) is 0. The van der Waals surface area contributed by atoms with E-state index in [1.165, 1.54) is 17.0 Å². The summed E-state index contributed by atoms with van der Waals surface area (Å²) in [5, 5.41) is 5.09. The van der Waals surface area contributed by atoms with Gasteiger partial charge in [-0.15, -0.1) is 0 Å². The van der Waals surface area contributed by atoms with E-state index in [9.17, 15) is 22.8 Å². The molecule has 4 rings (SSSR count). The molecule has 9 nitrogen and oxygen atoms in total. The summed E-state index contributed by atoms with van der Waals surface area (Å²) in [6, 6.07) is 2.48. The van der Waals surface area contributed by atoms with Gasteiger partial charge in [-0.3, -0.25) is 4.79 Å². The number of imidazole rings is 1. The van der Waals surface area contributed by atoms with Gasteiger partial charge in [0.15, 0.2) is 11.6 Å². The SMILES string of the molecule is CCOC1=CC(c2nc(C)c(NC(=O)Nc3cc(-n4cnc(C)c4)cc(C(F)(F)F)c3)c(C)n2)=CCC1=O. The Morgan fingerprint density at radius 1 is 1.11 bits per heavy atom. The van der Waals surface area contributed by atoms with Crippen molar-refractivity contribution in [2.75, 3.05) is 17.2 Å². The van der Waals surface area contributed by atoms with Crippen LogP contribution in [0.1, 0.15) is 41.8 Å². The number of nitrogens with zero attached hydrogens (tertiary/aromatic N) is 4. The van der Waals surface area contributed by atoms with E-state index in [1.54, 1.807) is 46.0 Å². The monoisotopic (exact) mass is 526 g/mol. The predicted molar refractivity (Wildman–Crippen MR) is 135 cm³/mol. The highest BCUT2D eigenvalue weighted by Crippen LogP contribution is 2.33. The molecule has 2 heterocycles. The van der Waals surface area contributed by atoms with Crippen LogP contribution in [0.4, 0.5) is 29.3 Å². The maximum absolute atomic E-state index is 13.5. The highest BCUT2D eigenvalue weighted by atomic mass is 19.4. The number of alkyl halides is 3. The van der Waals surface area contributed by atoms with Crippen LogP contribution in [0.15, 0.2) is 48.6 Å². The van der Waals surface area contributed by atoms with Crippen molar-refractivity contribution in [1.82, 2.24) is 19.5 Å². The molecule has 12 heteroatoms. The molecule has 0 saturated heterocycles. The summed E-state index contributed by atoms with van der Waals surface area (Å²) >= 11 is 0. The number of hydrogen-bond acceptors (Lipinski definition) is 6. The van der Waals surface area contributed by atoms with Gasteiger partial charge in [-0.25, -0.2) is 19.7 Å². The maximum Gasteiger partial charge on any atom is 0.416 e. The molecule has 0 fully saturated rings. The molecule has 0 spiro atoms. The van der Waals surface area contributed by atoms with Crippen LogP contribution in [0.3, 0.4) is 0 Å². The van der Waals surface area contributed by atoms with Crippen molar-refractivity contribution in [1.29, 1.82) is 0 Å². The number of halogens is 3. The minimum atomic E-state index is -4.62. The number of Topliss-reactive ketones (excluding diaryl/α,β-unsaturated/α-hetero) is 1. The van der Waals surface area contributed by atoms with Crippen LogP contribution < -0.4 is 10.6 Å². The molecule has 1 aliphatic rings. The lowest BCUT2D eigenvalue weighted by Gasteiger charge is -2.16. The maximum atomic E-state index is 13.5. The van der Waals surface area contributed by atoms with Crippen LogP contribution in [0.5, 0.6) is 0 Å². The molecule has 0 unspecified atom stereocenters. The number of hydrogen-bond donors (Lipinski definition) is 2. The van der Waals surface area contributed by atoms with Crippen LogP contribution >= 0.6 is 0 Å². The highest BCUT2D eigenvalue weighted by Gasteiger charge is 2.31. The summed E-state index contributed by atoms with van der Waals surface area (Å²) in [4.78, 5) is 37.7. The Morgan fingerprint density at radius 2 is 1.82 bits per heavy atom. The molecule has 198 valence electrons. The number of benzene rings is 1. The first kappa shape index (κ1) is 26.6. The molecular weight excluding hydrogens is 501 g/mol. The third-order valence-corrected chi connectivity index (χ3v) is 5.65. The van der Waals surface area contributed by atoms with Crippen LogP contribution in [0.2, 0.25) is 0 Å². The molecule has 2 amide bonds. The number of allylic oxidation sites excluding steroid dienone is 4. The normalized spacial score (nSPS) is 13.6. The Morgan fingerprint density at radius 3 is 2.42 bits per heavy atom. The van der Waals surface area contributed by atoms with E-state index in [0.29, 0.717) is 40.8 Å². The number of rotatable bonds is 6. The second kappa shape index (κ2) is 10.5. The second-order valence-corrected chi connectivity index (χ2v) is 8.59. The van der Waals surface area contributed by atoms with Crippen LogP contribution in [0.25, 0.3) is 11.3 Å². The average Bonchev–Trinajstić information content (AvgIpc) is 3.28. The van der Waals surface area contributed by atoms with Gasteiger partial charge in [-0.1, -0.05) is 6.08 Å². The molecule has 3 aromatic rings. The zero-order valence-electron chi connectivity index (χ0n) is 21.1. The van der Waals surface area contributed by atoms with E-state index in [4.69, 9.17) is 4.74 Å². The van der Waals surface area contributed by atoms with Crippen LogP contribution in [-0.4, -0.2) is 37.9 Å². The van der Waals surface area contributed by atoms with Crippen molar-refractivity contribution in [3.63, 3.8) is 0 Å². The van der Waals surface area contributed by atoms with Crippen molar-refractivity contribution >= 4 is 28.8 Å². The fourth-order valence-corrected chi connectivity index (χ4v) is 3.88. The van der Waals surface area contributed by atoms with E-state index < -0.39 is 17.8 Å². The van der Waals surface area contributed by atoms with E-state index in [-0.39, 0.29) is 29.3 Å². The van der Waals surface area contributed by atoms with Gasteiger partial charge >= 0.3 is 12.2 Å². The van der Waals surface area contributed by atoms with E-state index >= 15 is 0 Å². The van der Waals surface area contributed by atoms with Gasteiger partial charge in [0, 0.05) is 29.6 Å². The first-order chi connectivity index (χ1) is 17.9. The molecule has 2 aromatic heterocycles. The summed E-state index contributed by atoms with van der Waals surface area (Å²) < 4.78 is 47.4. The minimum absolute atomic E-state index is 0.0582. The van der Waals surface area contributed by atoms with Crippen molar-refractivity contribution in [3.8, 4) is 5.69 Å². The first-order valence-corrected chi connectivity index (χ1v) is 11.7. The van der Waals surface area contributed by atoms with Gasteiger partial charge in [0.1, 0.15) is 0 Å². The van der Waals surface area contributed by atoms with Crippen molar-refractivity contribution in [2.45, 2.75) is 40.3 Å². The molecule has 2 N–H and O–H groups in total. The average molecular weight is 527 g/mol. The number of aryl methyl sites for hydroxylation is 3. The van der Waals surface area contributed by atoms with Gasteiger partial charge < -0.3 is 19.9 Å². The number of ketones is 1. The van der Waals surface area contributed by atoms with Crippen molar-refractivity contribution in [2.24, 2.45) is 0 Å². The number of carbonyl (C=O) groups is 2. The molecule has 38 heavy (non-hydrogen) atoms. The molecule has 1 aromatic carbocycles. The molecule has 0 atom stereocenters. The third kappa shape index (κ3) is 5.90. The molecule has 0 saturated carbocycles. The predicted octanol–water partition coefficient (Wildman–Crippen LogP) is 5.53. The van der Waals surface area contributed by atoms with Crippen molar-refractivity contribution in [3.05, 3.63) is 77.1 Å². The number of ether oxygens (including phenoxy) is 1. The van der Waals surface area contributed by atoms with Gasteiger partial charge in [0.05, 0.1) is 41.3 Å². The number of urea groups is 1. The topological polar surface area (TPSA) is 111 Å².